The average molecular weight is 374 g/mol. The summed E-state index contributed by atoms with van der Waals surface area (Å²) in [6, 6.07) is 13.9. The number of sulfonamides is 1. The first-order valence-electron chi connectivity index (χ1n) is 8.30. The van der Waals surface area contributed by atoms with Crippen LogP contribution in [0.2, 0.25) is 0 Å². The Morgan fingerprint density at radius 2 is 1.77 bits per heavy atom. The summed E-state index contributed by atoms with van der Waals surface area (Å²) < 4.78 is 30.9. The second-order valence-electron chi connectivity index (χ2n) is 7.08. The fourth-order valence-corrected chi connectivity index (χ4v) is 3.64. The minimum absolute atomic E-state index is 0.156. The number of para-hydroxylation sites is 1. The van der Waals surface area contributed by atoms with Crippen molar-refractivity contribution in [3.05, 3.63) is 59.7 Å². The third-order valence-electron chi connectivity index (χ3n) is 4.13. The Bertz CT molecular complexity index is 921. The van der Waals surface area contributed by atoms with Gasteiger partial charge < -0.3 is 10.1 Å². The topological polar surface area (TPSA) is 84.5 Å². The van der Waals surface area contributed by atoms with E-state index in [0.717, 1.165) is 17.6 Å². The van der Waals surface area contributed by atoms with E-state index in [-0.39, 0.29) is 17.6 Å². The van der Waals surface area contributed by atoms with Crippen molar-refractivity contribution in [3.8, 4) is 5.75 Å². The lowest BCUT2D eigenvalue weighted by Crippen LogP contribution is -2.41. The Kier molecular flexibility index (Phi) is 4.66. The highest BCUT2D eigenvalue weighted by atomic mass is 32.2. The van der Waals surface area contributed by atoms with Crippen molar-refractivity contribution in [3.63, 3.8) is 0 Å². The largest absolute Gasteiger partial charge is 0.487 e. The van der Waals surface area contributed by atoms with Crippen LogP contribution in [0.4, 0.5) is 5.69 Å². The normalized spacial score (nSPS) is 18.3. The van der Waals surface area contributed by atoms with E-state index < -0.39 is 10.0 Å². The quantitative estimate of drug-likeness (QED) is 0.861. The lowest BCUT2D eigenvalue weighted by molar-refractivity contribution is 0.0619. The lowest BCUT2D eigenvalue weighted by Gasteiger charge is -2.37. The van der Waals surface area contributed by atoms with Gasteiger partial charge in [-0.25, -0.2) is 8.42 Å². The van der Waals surface area contributed by atoms with Crippen LogP contribution in [0.5, 0.6) is 5.75 Å². The molecule has 0 aromatic heterocycles. The predicted molar refractivity (Wildman–Crippen MR) is 101 cm³/mol. The molecule has 0 saturated carbocycles. The van der Waals surface area contributed by atoms with Crippen LogP contribution in [-0.2, 0) is 10.0 Å². The maximum atomic E-state index is 12.6. The summed E-state index contributed by atoms with van der Waals surface area (Å²) in [5, 5.41) is 3.06. The molecule has 0 saturated heterocycles. The van der Waals surface area contributed by atoms with E-state index in [4.69, 9.17) is 4.74 Å². The Labute approximate surface area is 153 Å². The Hall–Kier alpha value is -2.54. The smallest absolute Gasteiger partial charge is 0.251 e. The zero-order valence-corrected chi connectivity index (χ0v) is 15.8. The van der Waals surface area contributed by atoms with Gasteiger partial charge in [0.15, 0.2) is 0 Å². The molecule has 0 fully saturated rings. The molecule has 1 aliphatic rings. The van der Waals surface area contributed by atoms with Gasteiger partial charge in [0.05, 0.1) is 12.3 Å². The van der Waals surface area contributed by atoms with Crippen LogP contribution in [-0.4, -0.2) is 26.2 Å². The summed E-state index contributed by atoms with van der Waals surface area (Å²) in [7, 11) is -3.34. The molecular weight excluding hydrogens is 352 g/mol. The minimum atomic E-state index is -3.34. The molecule has 2 aromatic rings. The van der Waals surface area contributed by atoms with E-state index in [1.165, 1.54) is 0 Å². The van der Waals surface area contributed by atoms with E-state index in [1.54, 1.807) is 24.3 Å². The molecule has 2 aromatic carbocycles. The number of amides is 1. The van der Waals surface area contributed by atoms with Crippen LogP contribution in [0.1, 0.15) is 42.2 Å². The number of nitrogens with one attached hydrogen (secondary N) is 2. The van der Waals surface area contributed by atoms with Gasteiger partial charge >= 0.3 is 0 Å². The summed E-state index contributed by atoms with van der Waals surface area (Å²) in [6.45, 7) is 3.99. The van der Waals surface area contributed by atoms with Crippen LogP contribution in [0.15, 0.2) is 48.5 Å². The molecular formula is C19H22N2O4S. The number of hydrogen-bond donors (Lipinski definition) is 2. The number of hydrogen-bond acceptors (Lipinski definition) is 4. The van der Waals surface area contributed by atoms with Gasteiger partial charge in [0, 0.05) is 23.2 Å². The maximum absolute atomic E-state index is 12.6. The van der Waals surface area contributed by atoms with E-state index in [2.05, 4.69) is 10.0 Å². The molecule has 1 aliphatic heterocycles. The maximum Gasteiger partial charge on any atom is 0.251 e. The molecule has 1 atom stereocenters. The lowest BCUT2D eigenvalue weighted by atomic mass is 9.89. The van der Waals surface area contributed by atoms with Gasteiger partial charge in [0.1, 0.15) is 11.4 Å². The molecule has 6 nitrogen and oxygen atoms in total. The highest BCUT2D eigenvalue weighted by Gasteiger charge is 2.34. The third-order valence-corrected chi connectivity index (χ3v) is 4.74. The zero-order valence-electron chi connectivity index (χ0n) is 14.9. The Morgan fingerprint density at radius 3 is 2.42 bits per heavy atom. The molecule has 0 radical (unpaired) electrons. The summed E-state index contributed by atoms with van der Waals surface area (Å²) in [4.78, 5) is 12.6. The van der Waals surface area contributed by atoms with Gasteiger partial charge in [0.25, 0.3) is 5.91 Å². The van der Waals surface area contributed by atoms with Crippen molar-refractivity contribution in [1.82, 2.24) is 5.32 Å². The SMILES string of the molecule is CC1(C)CC(NC(=O)c2ccc(NS(C)(=O)=O)cc2)c2ccccc2O1. The average Bonchev–Trinajstić information content (AvgIpc) is 2.53. The summed E-state index contributed by atoms with van der Waals surface area (Å²) in [5.74, 6) is 0.565. The first kappa shape index (κ1) is 18.3. The van der Waals surface area contributed by atoms with Crippen molar-refractivity contribution in [2.45, 2.75) is 31.9 Å². The molecule has 7 heteroatoms. The summed E-state index contributed by atoms with van der Waals surface area (Å²) in [6.07, 6.45) is 1.74. The first-order chi connectivity index (χ1) is 12.1. The van der Waals surface area contributed by atoms with E-state index >= 15 is 0 Å². The third kappa shape index (κ3) is 4.35. The van der Waals surface area contributed by atoms with E-state index in [1.807, 2.05) is 38.1 Å². The number of carbonyl (C=O) groups excluding carboxylic acids is 1. The number of ether oxygens (including phenoxy) is 1. The van der Waals surface area contributed by atoms with Crippen LogP contribution < -0.4 is 14.8 Å². The van der Waals surface area contributed by atoms with Gasteiger partial charge in [-0.15, -0.1) is 0 Å². The highest BCUT2D eigenvalue weighted by molar-refractivity contribution is 7.92. The van der Waals surface area contributed by atoms with Gasteiger partial charge in [-0.2, -0.15) is 0 Å². The van der Waals surface area contributed by atoms with Crippen molar-refractivity contribution < 1.29 is 17.9 Å². The Balaban J connectivity index is 1.77. The molecule has 3 rings (SSSR count). The minimum Gasteiger partial charge on any atom is -0.487 e. The fourth-order valence-electron chi connectivity index (χ4n) is 3.08. The van der Waals surface area contributed by atoms with Crippen molar-refractivity contribution in [1.29, 1.82) is 0 Å². The molecule has 1 heterocycles. The van der Waals surface area contributed by atoms with Gasteiger partial charge in [0.2, 0.25) is 10.0 Å². The van der Waals surface area contributed by atoms with Crippen LogP contribution in [0, 0.1) is 0 Å². The summed E-state index contributed by atoms with van der Waals surface area (Å²) in [5.41, 5.74) is 1.46. The van der Waals surface area contributed by atoms with E-state index in [0.29, 0.717) is 17.7 Å². The molecule has 0 spiro atoms. The Morgan fingerprint density at radius 1 is 1.12 bits per heavy atom. The fraction of sp³-hybridized carbons (Fsp3) is 0.316. The van der Waals surface area contributed by atoms with Crippen LogP contribution in [0.25, 0.3) is 0 Å². The molecule has 26 heavy (non-hydrogen) atoms. The number of benzene rings is 2. The molecule has 138 valence electrons. The van der Waals surface area contributed by atoms with Crippen molar-refractivity contribution >= 4 is 21.6 Å². The van der Waals surface area contributed by atoms with Crippen molar-refractivity contribution in [2.75, 3.05) is 11.0 Å². The van der Waals surface area contributed by atoms with Gasteiger partial charge in [-0.1, -0.05) is 18.2 Å². The second kappa shape index (κ2) is 6.64. The standard InChI is InChI=1S/C19H22N2O4S/c1-19(2)12-16(15-6-4-5-7-17(15)25-19)20-18(22)13-8-10-14(11-9-13)21-26(3,23)24/h4-11,16,21H,12H2,1-3H3,(H,20,22). The monoisotopic (exact) mass is 374 g/mol. The van der Waals surface area contributed by atoms with E-state index in [9.17, 15) is 13.2 Å². The molecule has 0 aliphatic carbocycles. The highest BCUT2D eigenvalue weighted by Crippen LogP contribution is 2.39. The van der Waals surface area contributed by atoms with Crippen LogP contribution >= 0.6 is 0 Å². The molecule has 1 unspecified atom stereocenters. The molecule has 1 amide bonds. The van der Waals surface area contributed by atoms with Crippen LogP contribution in [0.3, 0.4) is 0 Å². The number of fused-ring (bicyclic) bond motifs is 1. The molecule has 0 bridgehead atoms. The zero-order chi connectivity index (χ0) is 18.9. The number of anilines is 1. The van der Waals surface area contributed by atoms with Gasteiger partial charge in [-0.3, -0.25) is 9.52 Å². The second-order valence-corrected chi connectivity index (χ2v) is 8.83. The number of rotatable bonds is 4. The summed E-state index contributed by atoms with van der Waals surface area (Å²) >= 11 is 0. The molecule has 2 N–H and O–H groups in total. The first-order valence-corrected chi connectivity index (χ1v) is 10.2. The number of carbonyl (C=O) groups is 1. The van der Waals surface area contributed by atoms with Crippen molar-refractivity contribution in [2.24, 2.45) is 0 Å². The predicted octanol–water partition coefficient (Wildman–Crippen LogP) is 3.09. The van der Waals surface area contributed by atoms with Gasteiger partial charge in [-0.05, 0) is 44.2 Å².